The van der Waals surface area contributed by atoms with Gasteiger partial charge in [-0.05, 0) is 6.42 Å². The Kier molecular flexibility index (Phi) is 13.3. The van der Waals surface area contributed by atoms with E-state index >= 15 is 0 Å². The van der Waals surface area contributed by atoms with Gasteiger partial charge in [0.2, 0.25) is 22.5 Å². The van der Waals surface area contributed by atoms with Crippen LogP contribution in [0.2, 0.25) is 0 Å². The minimum Gasteiger partial charge on any atom is -0.293 e. The lowest BCUT2D eigenvalue weighted by Crippen LogP contribution is -2.28. The molecule has 0 spiro atoms. The first kappa shape index (κ1) is 19.2. The van der Waals surface area contributed by atoms with E-state index in [1.807, 2.05) is 0 Å². The Morgan fingerprint density at radius 3 is 1.47 bits per heavy atom. The van der Waals surface area contributed by atoms with E-state index < -0.39 is 22.5 Å². The van der Waals surface area contributed by atoms with Gasteiger partial charge < -0.3 is 0 Å². The lowest BCUT2D eigenvalue weighted by atomic mass is 10.1. The molecule has 0 aromatic carbocycles. The van der Waals surface area contributed by atoms with Gasteiger partial charge in [-0.25, -0.2) is 8.42 Å². The second-order valence-electron chi connectivity index (χ2n) is 4.70. The zero-order valence-corrected chi connectivity index (χ0v) is 13.4. The van der Waals surface area contributed by atoms with Crippen molar-refractivity contribution in [2.24, 2.45) is 0 Å². The molecule has 0 aromatic heterocycles. The van der Waals surface area contributed by atoms with Gasteiger partial charge in [-0.3, -0.25) is 9.11 Å². The summed E-state index contributed by atoms with van der Waals surface area (Å²) >= 11 is -4.73. The summed E-state index contributed by atoms with van der Waals surface area (Å²) in [6, 6.07) is 0. The summed E-state index contributed by atoms with van der Waals surface area (Å²) in [5.41, 5.74) is 0. The van der Waals surface area contributed by atoms with Crippen LogP contribution in [-0.2, 0) is 22.5 Å². The molecular weight excluding hydrogens is 286 g/mol. The number of rotatable bonds is 13. The summed E-state index contributed by atoms with van der Waals surface area (Å²) in [7, 11) is 0. The predicted octanol–water partition coefficient (Wildman–Crippen LogP) is 3.48. The molecule has 2 N–H and O–H groups in total. The summed E-state index contributed by atoms with van der Waals surface area (Å²) in [4.78, 5) is 0. The monoisotopic (exact) mass is 313 g/mol. The van der Waals surface area contributed by atoms with Crippen LogP contribution in [-0.4, -0.2) is 27.8 Å². The summed E-state index contributed by atoms with van der Waals surface area (Å²) in [6.07, 6.45) is 11.6. The highest BCUT2D eigenvalue weighted by atomic mass is 32.3. The van der Waals surface area contributed by atoms with Crippen LogP contribution in [0, 0.1) is 0 Å². The van der Waals surface area contributed by atoms with Crippen LogP contribution in [0.4, 0.5) is 0 Å². The molecule has 116 valence electrons. The number of hydrogen-bond donors (Lipinski definition) is 2. The first-order valence-electron chi connectivity index (χ1n) is 7.09. The highest BCUT2D eigenvalue weighted by Gasteiger charge is 2.16. The summed E-state index contributed by atoms with van der Waals surface area (Å²) in [5.74, 6) is 0. The quantitative estimate of drug-likeness (QED) is 0.403. The van der Waals surface area contributed by atoms with Crippen molar-refractivity contribution in [3.05, 3.63) is 0 Å². The van der Waals surface area contributed by atoms with Crippen LogP contribution >= 0.6 is 0 Å². The molecule has 0 fully saturated rings. The van der Waals surface area contributed by atoms with Gasteiger partial charge in [-0.1, -0.05) is 68.4 Å². The summed E-state index contributed by atoms with van der Waals surface area (Å²) < 4.78 is 39.6. The molecule has 0 aliphatic carbocycles. The lowest BCUT2D eigenvalue weighted by molar-refractivity contribution is 0.451. The van der Waals surface area contributed by atoms with E-state index in [4.69, 9.17) is 9.11 Å². The molecule has 0 radical (unpaired) electrons. The average molecular weight is 313 g/mol. The normalized spacial score (nSPS) is 14.7. The fourth-order valence-corrected chi connectivity index (χ4v) is 2.95. The van der Waals surface area contributed by atoms with Crippen LogP contribution in [0.25, 0.3) is 0 Å². The van der Waals surface area contributed by atoms with Crippen molar-refractivity contribution in [1.82, 2.24) is 3.71 Å². The van der Waals surface area contributed by atoms with Crippen molar-refractivity contribution >= 4 is 22.5 Å². The molecule has 5 nitrogen and oxygen atoms in total. The van der Waals surface area contributed by atoms with Gasteiger partial charge >= 0.3 is 0 Å². The fourth-order valence-electron chi connectivity index (χ4n) is 1.94. The van der Waals surface area contributed by atoms with Gasteiger partial charge in [0.1, 0.15) is 0 Å². The zero-order valence-electron chi connectivity index (χ0n) is 11.8. The predicted molar refractivity (Wildman–Crippen MR) is 80.1 cm³/mol. The van der Waals surface area contributed by atoms with Gasteiger partial charge in [0, 0.05) is 6.54 Å². The van der Waals surface area contributed by atoms with Crippen molar-refractivity contribution in [1.29, 1.82) is 0 Å². The lowest BCUT2D eigenvalue weighted by Gasteiger charge is -2.11. The number of hydrogen-bond acceptors (Lipinski definition) is 2. The largest absolute Gasteiger partial charge is 0.293 e. The molecule has 0 amide bonds. The van der Waals surface area contributed by atoms with Crippen molar-refractivity contribution in [2.45, 2.75) is 71.1 Å². The summed E-state index contributed by atoms with van der Waals surface area (Å²) in [6.45, 7) is 2.39. The molecule has 0 rings (SSSR count). The fraction of sp³-hybridized carbons (Fsp3) is 1.00. The van der Waals surface area contributed by atoms with E-state index in [2.05, 4.69) is 6.92 Å². The van der Waals surface area contributed by atoms with E-state index in [-0.39, 0.29) is 6.54 Å². The first-order chi connectivity index (χ1) is 9.09. The molecule has 0 aliphatic heterocycles. The molecule has 2 atom stereocenters. The molecule has 0 bridgehead atoms. The Balaban J connectivity index is 3.35. The Labute approximate surface area is 122 Å². The Bertz CT molecular complexity index is 250. The smallest absolute Gasteiger partial charge is 0.248 e. The highest BCUT2D eigenvalue weighted by molar-refractivity contribution is 7.92. The van der Waals surface area contributed by atoms with E-state index in [1.54, 1.807) is 0 Å². The Morgan fingerprint density at radius 1 is 0.737 bits per heavy atom. The van der Waals surface area contributed by atoms with Crippen molar-refractivity contribution in [3.63, 3.8) is 0 Å². The van der Waals surface area contributed by atoms with Crippen molar-refractivity contribution in [3.8, 4) is 0 Å². The third-order valence-electron chi connectivity index (χ3n) is 3.04. The van der Waals surface area contributed by atoms with Gasteiger partial charge in [0.25, 0.3) is 0 Å². The third-order valence-corrected chi connectivity index (χ3v) is 4.87. The maximum Gasteiger partial charge on any atom is 0.248 e. The third kappa shape index (κ3) is 11.7. The Hall–Kier alpha value is 0.180. The molecule has 0 saturated carbocycles. The molecular formula is C12H27NO4S2. The van der Waals surface area contributed by atoms with E-state index in [1.165, 1.54) is 44.9 Å². The highest BCUT2D eigenvalue weighted by Crippen LogP contribution is 2.11. The maximum atomic E-state index is 10.7. The van der Waals surface area contributed by atoms with Crippen LogP contribution in [0.15, 0.2) is 0 Å². The second kappa shape index (κ2) is 13.2. The van der Waals surface area contributed by atoms with Crippen molar-refractivity contribution < 1.29 is 17.5 Å². The molecule has 0 aromatic rings. The SMILES string of the molecule is CCCCCCCCCCCCN(S(=O)O)S(=O)O. The van der Waals surface area contributed by atoms with Gasteiger partial charge in [-0.2, -0.15) is 0 Å². The number of nitrogens with zero attached hydrogens (tertiary/aromatic N) is 1. The minimum absolute atomic E-state index is 0.183. The van der Waals surface area contributed by atoms with E-state index in [0.717, 1.165) is 12.8 Å². The minimum atomic E-state index is -2.36. The standard InChI is InChI=1S/C12H27NO4S2/c1-2-3-4-5-6-7-8-9-10-11-12-13(18(14)15)19(16)17/h2-12H2,1H3,(H,14,15)(H,16,17). The first-order valence-corrected chi connectivity index (χ1v) is 9.21. The van der Waals surface area contributed by atoms with Gasteiger partial charge in [-0.15, -0.1) is 0 Å². The van der Waals surface area contributed by atoms with E-state index in [0.29, 0.717) is 10.1 Å². The van der Waals surface area contributed by atoms with Crippen LogP contribution in [0.5, 0.6) is 0 Å². The zero-order chi connectivity index (χ0) is 14.5. The summed E-state index contributed by atoms with van der Waals surface area (Å²) in [5, 5.41) is 0. The Morgan fingerprint density at radius 2 is 1.11 bits per heavy atom. The topological polar surface area (TPSA) is 77.8 Å². The van der Waals surface area contributed by atoms with Crippen molar-refractivity contribution in [2.75, 3.05) is 6.54 Å². The van der Waals surface area contributed by atoms with Gasteiger partial charge in [0.15, 0.2) is 0 Å². The van der Waals surface area contributed by atoms with E-state index in [9.17, 15) is 8.42 Å². The van der Waals surface area contributed by atoms with Crippen LogP contribution < -0.4 is 0 Å². The molecule has 0 heterocycles. The number of unbranched alkanes of at least 4 members (excludes halogenated alkanes) is 9. The van der Waals surface area contributed by atoms with Crippen LogP contribution in [0.1, 0.15) is 71.1 Å². The van der Waals surface area contributed by atoms with Gasteiger partial charge in [0.05, 0.1) is 0 Å². The molecule has 19 heavy (non-hydrogen) atoms. The average Bonchev–Trinajstić information content (AvgIpc) is 2.35. The molecule has 0 saturated heterocycles. The second-order valence-corrected chi connectivity index (χ2v) is 6.74. The molecule has 0 aliphatic rings. The maximum absolute atomic E-state index is 10.7. The molecule has 7 heteroatoms. The molecule has 2 unspecified atom stereocenters. The van der Waals surface area contributed by atoms with Crippen LogP contribution in [0.3, 0.4) is 0 Å².